The molecule has 3 nitrogen and oxygen atoms in total. The molecule has 0 aromatic rings. The SMILES string of the molecule is C[C@@]12CC[C@H](O)C[C@H]1CC[C@H]1[C@H]2CC[C@]2(C)[C@@H]([NH2+]CC#N)CC[C@H]12. The molecule has 4 rings (SSSR count). The van der Waals surface area contributed by atoms with Crippen molar-refractivity contribution in [2.24, 2.45) is 34.5 Å². The Kier molecular flexibility index (Phi) is 4.21. The number of nitrogens with two attached hydrogens (primary N) is 1. The lowest BCUT2D eigenvalue weighted by atomic mass is 9.45. The smallest absolute Gasteiger partial charge is 0.163 e. The van der Waals surface area contributed by atoms with Crippen molar-refractivity contribution in [1.29, 1.82) is 5.26 Å². The topological polar surface area (TPSA) is 60.6 Å². The quantitative estimate of drug-likeness (QED) is 0.764. The van der Waals surface area contributed by atoms with E-state index >= 15 is 0 Å². The van der Waals surface area contributed by atoms with Crippen molar-refractivity contribution in [2.45, 2.75) is 83.8 Å². The highest BCUT2D eigenvalue weighted by Crippen LogP contribution is 2.65. The van der Waals surface area contributed by atoms with Crippen LogP contribution >= 0.6 is 0 Å². The van der Waals surface area contributed by atoms with Crippen LogP contribution in [0.3, 0.4) is 0 Å². The predicted molar refractivity (Wildman–Crippen MR) is 93.9 cm³/mol. The van der Waals surface area contributed by atoms with E-state index in [1.807, 2.05) is 0 Å². The molecule has 0 heterocycles. The Morgan fingerprint density at radius 2 is 1.75 bits per heavy atom. The summed E-state index contributed by atoms with van der Waals surface area (Å²) in [6.07, 6.45) is 11.5. The van der Waals surface area contributed by atoms with Gasteiger partial charge in [-0.1, -0.05) is 13.8 Å². The zero-order valence-corrected chi connectivity index (χ0v) is 15.5. The van der Waals surface area contributed by atoms with Gasteiger partial charge in [-0.15, -0.1) is 0 Å². The van der Waals surface area contributed by atoms with Gasteiger partial charge in [0.1, 0.15) is 6.07 Å². The van der Waals surface area contributed by atoms with Gasteiger partial charge in [0.15, 0.2) is 6.54 Å². The Labute approximate surface area is 147 Å². The average molecular weight is 332 g/mol. The summed E-state index contributed by atoms with van der Waals surface area (Å²) in [6, 6.07) is 3.00. The predicted octanol–water partition coefficient (Wildman–Crippen LogP) is 2.85. The van der Waals surface area contributed by atoms with Gasteiger partial charge in [0, 0.05) is 11.8 Å². The van der Waals surface area contributed by atoms with Crippen LogP contribution in [0, 0.1) is 45.8 Å². The number of aliphatic hydroxyl groups is 1. The van der Waals surface area contributed by atoms with Crippen LogP contribution in [-0.4, -0.2) is 23.8 Å². The molecule has 0 aromatic carbocycles. The lowest BCUT2D eigenvalue weighted by Gasteiger charge is -2.60. The van der Waals surface area contributed by atoms with E-state index in [1.54, 1.807) is 0 Å². The average Bonchev–Trinajstić information content (AvgIpc) is 2.90. The Morgan fingerprint density at radius 3 is 2.54 bits per heavy atom. The molecule has 0 spiro atoms. The molecule has 0 unspecified atom stereocenters. The Balaban J connectivity index is 1.55. The monoisotopic (exact) mass is 331 g/mol. The number of nitriles is 1. The molecule has 0 aromatic heterocycles. The molecule has 3 N–H and O–H groups in total. The number of quaternary nitrogens is 1. The first kappa shape index (κ1) is 16.9. The van der Waals surface area contributed by atoms with Gasteiger partial charge in [0.2, 0.25) is 0 Å². The van der Waals surface area contributed by atoms with Gasteiger partial charge in [-0.25, -0.2) is 0 Å². The fourth-order valence-corrected chi connectivity index (χ4v) is 7.86. The molecule has 4 aliphatic carbocycles. The minimum absolute atomic E-state index is 0.0371. The molecule has 134 valence electrons. The normalized spacial score (nSPS) is 53.6. The molecule has 0 saturated heterocycles. The zero-order chi connectivity index (χ0) is 16.9. The number of aliphatic hydroxyl groups excluding tert-OH is 1. The van der Waals surface area contributed by atoms with E-state index in [-0.39, 0.29) is 6.10 Å². The molecular formula is C21H35N2O+. The van der Waals surface area contributed by atoms with Crippen LogP contribution in [0.2, 0.25) is 0 Å². The summed E-state index contributed by atoms with van der Waals surface area (Å²) in [5.74, 6) is 3.42. The summed E-state index contributed by atoms with van der Waals surface area (Å²) in [4.78, 5) is 0. The Bertz CT molecular complexity index is 528. The van der Waals surface area contributed by atoms with Gasteiger partial charge in [-0.3, -0.25) is 0 Å². The first-order chi connectivity index (χ1) is 11.5. The van der Waals surface area contributed by atoms with Gasteiger partial charge < -0.3 is 10.4 Å². The van der Waals surface area contributed by atoms with Crippen molar-refractivity contribution >= 4 is 0 Å². The minimum Gasteiger partial charge on any atom is -0.393 e. The van der Waals surface area contributed by atoms with Crippen LogP contribution in [0.1, 0.15) is 71.6 Å². The third-order valence-corrected chi connectivity index (χ3v) is 9.21. The maximum Gasteiger partial charge on any atom is 0.163 e. The highest BCUT2D eigenvalue weighted by molar-refractivity contribution is 5.09. The summed E-state index contributed by atoms with van der Waals surface area (Å²) in [5.41, 5.74) is 0.938. The van der Waals surface area contributed by atoms with Crippen molar-refractivity contribution < 1.29 is 10.4 Å². The second kappa shape index (κ2) is 5.99. The molecule has 8 atom stereocenters. The standard InChI is InChI=1S/C21H34N2O/c1-20-9-7-15(24)13-14(20)3-4-16-17-5-6-19(23-12-11-22)21(17,2)10-8-18(16)20/h14-19,23-24H,3-10,12-13H2,1-2H3/p+1/t14-,15+,16-,17-,18-,19+,20-,21+/m1/s1. The molecule has 0 radical (unpaired) electrons. The molecule has 0 aliphatic heterocycles. The first-order valence-corrected chi connectivity index (χ1v) is 10.4. The molecule has 4 fully saturated rings. The van der Waals surface area contributed by atoms with Gasteiger partial charge in [-0.05, 0) is 80.5 Å². The Morgan fingerprint density at radius 1 is 1.00 bits per heavy atom. The van der Waals surface area contributed by atoms with E-state index in [9.17, 15) is 5.11 Å². The van der Waals surface area contributed by atoms with Crippen LogP contribution in [-0.2, 0) is 0 Å². The van der Waals surface area contributed by atoms with E-state index in [2.05, 4.69) is 25.2 Å². The van der Waals surface area contributed by atoms with E-state index in [0.29, 0.717) is 23.4 Å². The van der Waals surface area contributed by atoms with Crippen molar-refractivity contribution in [2.75, 3.05) is 6.54 Å². The third kappa shape index (κ3) is 2.36. The zero-order valence-electron chi connectivity index (χ0n) is 15.5. The van der Waals surface area contributed by atoms with Crippen LogP contribution in [0.15, 0.2) is 0 Å². The molecule has 4 aliphatic rings. The van der Waals surface area contributed by atoms with E-state index in [1.165, 1.54) is 44.9 Å². The highest BCUT2D eigenvalue weighted by atomic mass is 16.3. The lowest BCUT2D eigenvalue weighted by molar-refractivity contribution is -0.692. The van der Waals surface area contributed by atoms with Crippen LogP contribution in [0.5, 0.6) is 0 Å². The molecule has 24 heavy (non-hydrogen) atoms. The maximum atomic E-state index is 10.1. The number of hydrogen-bond donors (Lipinski definition) is 2. The minimum atomic E-state index is -0.0371. The van der Waals surface area contributed by atoms with Crippen molar-refractivity contribution in [3.63, 3.8) is 0 Å². The van der Waals surface area contributed by atoms with Crippen LogP contribution in [0.4, 0.5) is 0 Å². The summed E-state index contributed by atoms with van der Waals surface area (Å²) in [6.45, 7) is 5.73. The summed E-state index contributed by atoms with van der Waals surface area (Å²) in [7, 11) is 0. The molecular weight excluding hydrogens is 296 g/mol. The van der Waals surface area contributed by atoms with Gasteiger partial charge in [0.05, 0.1) is 12.1 Å². The van der Waals surface area contributed by atoms with Gasteiger partial charge in [0.25, 0.3) is 0 Å². The van der Waals surface area contributed by atoms with Gasteiger partial charge >= 0.3 is 0 Å². The fraction of sp³-hybridized carbons (Fsp3) is 0.952. The number of hydrogen-bond acceptors (Lipinski definition) is 2. The van der Waals surface area contributed by atoms with Crippen LogP contribution < -0.4 is 5.32 Å². The number of fused-ring (bicyclic) bond motifs is 5. The highest BCUT2D eigenvalue weighted by Gasteiger charge is 2.61. The number of rotatable bonds is 2. The summed E-state index contributed by atoms with van der Waals surface area (Å²) in [5, 5.41) is 21.5. The van der Waals surface area contributed by atoms with Crippen molar-refractivity contribution in [3.8, 4) is 6.07 Å². The van der Waals surface area contributed by atoms with Gasteiger partial charge in [-0.2, -0.15) is 5.26 Å². The molecule has 0 bridgehead atoms. The maximum absolute atomic E-state index is 10.1. The van der Waals surface area contributed by atoms with Crippen molar-refractivity contribution in [3.05, 3.63) is 0 Å². The summed E-state index contributed by atoms with van der Waals surface area (Å²) >= 11 is 0. The van der Waals surface area contributed by atoms with E-state index < -0.39 is 0 Å². The second-order valence-corrected chi connectivity index (χ2v) is 9.91. The molecule has 4 saturated carbocycles. The molecule has 3 heteroatoms. The van der Waals surface area contributed by atoms with E-state index in [4.69, 9.17) is 5.26 Å². The third-order valence-electron chi connectivity index (χ3n) is 9.21. The Hall–Kier alpha value is -0.590. The fourth-order valence-electron chi connectivity index (χ4n) is 7.86. The lowest BCUT2D eigenvalue weighted by Crippen LogP contribution is -2.92. The number of nitrogens with zero attached hydrogens (tertiary/aromatic N) is 1. The summed E-state index contributed by atoms with van der Waals surface area (Å²) < 4.78 is 0. The van der Waals surface area contributed by atoms with Crippen molar-refractivity contribution in [1.82, 2.24) is 0 Å². The first-order valence-electron chi connectivity index (χ1n) is 10.4. The van der Waals surface area contributed by atoms with E-state index in [0.717, 1.165) is 36.5 Å². The second-order valence-electron chi connectivity index (χ2n) is 9.91. The van der Waals surface area contributed by atoms with Crippen LogP contribution in [0.25, 0.3) is 0 Å². The molecule has 0 amide bonds. The largest absolute Gasteiger partial charge is 0.393 e.